The van der Waals surface area contributed by atoms with Gasteiger partial charge in [-0.05, 0) is 38.1 Å². The molecule has 1 aromatic carbocycles. The molecule has 0 spiro atoms. The predicted molar refractivity (Wildman–Crippen MR) is 132 cm³/mol. The van der Waals surface area contributed by atoms with Gasteiger partial charge in [-0.25, -0.2) is 15.4 Å². The molecule has 0 fully saturated rings. The number of benzene rings is 1. The molecule has 11 heteroatoms. The molecule has 0 unspecified atom stereocenters. The van der Waals surface area contributed by atoms with Gasteiger partial charge in [0.15, 0.2) is 5.69 Å². The number of hydrogen-bond donors (Lipinski definition) is 3. The molecule has 3 heterocycles. The number of nitrogens with one attached hydrogen (secondary N) is 3. The van der Waals surface area contributed by atoms with Crippen LogP contribution in [0.3, 0.4) is 0 Å². The van der Waals surface area contributed by atoms with Gasteiger partial charge in [-0.3, -0.25) is 9.20 Å². The summed E-state index contributed by atoms with van der Waals surface area (Å²) in [5, 5.41) is 7.32. The highest BCUT2D eigenvalue weighted by molar-refractivity contribution is 7.99. The standard InChI is InChI=1S/C23H26N8O2S/c1-5-19(29-24-6-2)27-23-28-21(12-20-25-14(3)13-31(20)23)34-17-9-7-16(8-10-17)26-22(32)18-11-15(4)33-30-18/h7-13,24H,5-6H2,1-4H3,(H,26,32)(H,27,28,29). The van der Waals surface area contributed by atoms with Crippen molar-refractivity contribution in [1.82, 2.24) is 30.4 Å². The first kappa shape index (κ1) is 23.5. The van der Waals surface area contributed by atoms with Gasteiger partial charge in [-0.15, -0.1) is 0 Å². The zero-order valence-electron chi connectivity index (χ0n) is 19.4. The van der Waals surface area contributed by atoms with E-state index in [1.54, 1.807) is 13.0 Å². The molecule has 0 radical (unpaired) electrons. The summed E-state index contributed by atoms with van der Waals surface area (Å²) in [5.74, 6) is 1.60. The summed E-state index contributed by atoms with van der Waals surface area (Å²) >= 11 is 1.50. The third-order valence-corrected chi connectivity index (χ3v) is 5.63. The highest BCUT2D eigenvalue weighted by Crippen LogP contribution is 2.30. The normalized spacial score (nSPS) is 11.7. The van der Waals surface area contributed by atoms with Gasteiger partial charge in [0, 0.05) is 41.9 Å². The second-order valence-corrected chi connectivity index (χ2v) is 8.57. The van der Waals surface area contributed by atoms with Gasteiger partial charge < -0.3 is 15.3 Å². The lowest BCUT2D eigenvalue weighted by Gasteiger charge is -2.10. The highest BCUT2D eigenvalue weighted by atomic mass is 32.2. The van der Waals surface area contributed by atoms with Crippen molar-refractivity contribution in [2.45, 2.75) is 44.0 Å². The number of rotatable bonds is 8. The number of aromatic nitrogens is 4. The van der Waals surface area contributed by atoms with E-state index in [4.69, 9.17) is 14.5 Å². The van der Waals surface area contributed by atoms with Crippen molar-refractivity contribution in [1.29, 1.82) is 0 Å². The van der Waals surface area contributed by atoms with Crippen LogP contribution in [0.1, 0.15) is 42.2 Å². The average molecular weight is 479 g/mol. The van der Waals surface area contributed by atoms with Crippen LogP contribution in [0.5, 0.6) is 0 Å². The van der Waals surface area contributed by atoms with Crippen molar-refractivity contribution in [2.75, 3.05) is 11.9 Å². The summed E-state index contributed by atoms with van der Waals surface area (Å²) in [6.45, 7) is 8.50. The SMILES string of the molecule is CCNN/C(CC)=N/c1nc(Sc2ccc(NC(=O)c3cc(C)on3)cc2)cc2nc(C)cn12. The molecular formula is C23H26N8O2S. The van der Waals surface area contributed by atoms with E-state index in [1.807, 2.05) is 61.7 Å². The zero-order chi connectivity index (χ0) is 24.1. The zero-order valence-corrected chi connectivity index (χ0v) is 20.2. The van der Waals surface area contributed by atoms with Gasteiger partial charge in [-0.2, -0.15) is 4.99 Å². The highest BCUT2D eigenvalue weighted by Gasteiger charge is 2.12. The first-order valence-corrected chi connectivity index (χ1v) is 11.7. The summed E-state index contributed by atoms with van der Waals surface area (Å²) in [6, 6.07) is 11.0. The minimum absolute atomic E-state index is 0.242. The third kappa shape index (κ3) is 5.61. The van der Waals surface area contributed by atoms with Crippen LogP contribution in [0, 0.1) is 13.8 Å². The Morgan fingerprint density at radius 3 is 2.62 bits per heavy atom. The van der Waals surface area contributed by atoms with Crippen molar-refractivity contribution < 1.29 is 9.32 Å². The fourth-order valence-electron chi connectivity index (χ4n) is 3.11. The summed E-state index contributed by atoms with van der Waals surface area (Å²) in [4.78, 5) is 27.3. The lowest BCUT2D eigenvalue weighted by atomic mass is 10.3. The molecule has 0 aliphatic carbocycles. The largest absolute Gasteiger partial charge is 0.361 e. The first-order chi connectivity index (χ1) is 16.4. The number of carbonyl (C=O) groups is 1. The van der Waals surface area contributed by atoms with Gasteiger partial charge in [-0.1, -0.05) is 30.8 Å². The Hall–Kier alpha value is -3.70. The van der Waals surface area contributed by atoms with Crippen molar-refractivity contribution in [2.24, 2.45) is 4.99 Å². The molecule has 1 amide bonds. The minimum Gasteiger partial charge on any atom is -0.361 e. The lowest BCUT2D eigenvalue weighted by molar-refractivity contribution is 0.101. The van der Waals surface area contributed by atoms with Crippen LogP contribution >= 0.6 is 11.8 Å². The van der Waals surface area contributed by atoms with Crippen molar-refractivity contribution >= 4 is 40.8 Å². The summed E-state index contributed by atoms with van der Waals surface area (Å²) in [6.07, 6.45) is 2.65. The van der Waals surface area contributed by atoms with E-state index in [1.165, 1.54) is 11.8 Å². The number of nitrogens with zero attached hydrogens (tertiary/aromatic N) is 5. The number of imidazole rings is 1. The average Bonchev–Trinajstić information content (AvgIpc) is 3.42. The van der Waals surface area contributed by atoms with Gasteiger partial charge in [0.25, 0.3) is 5.91 Å². The first-order valence-electron chi connectivity index (χ1n) is 10.9. The lowest BCUT2D eigenvalue weighted by Crippen LogP contribution is -2.36. The van der Waals surface area contributed by atoms with Crippen molar-refractivity contribution in [3.05, 3.63) is 59.7 Å². The van der Waals surface area contributed by atoms with Crippen LogP contribution < -0.4 is 16.2 Å². The Kier molecular flexibility index (Phi) is 7.24. The number of anilines is 1. The Morgan fingerprint density at radius 2 is 1.94 bits per heavy atom. The molecule has 34 heavy (non-hydrogen) atoms. The maximum absolute atomic E-state index is 12.3. The Balaban J connectivity index is 1.54. The molecule has 3 aromatic heterocycles. The fourth-order valence-corrected chi connectivity index (χ4v) is 3.91. The Labute approximate surface area is 201 Å². The Bertz CT molecular complexity index is 1330. The number of aliphatic imine (C=N–C) groups is 1. The van der Waals surface area contributed by atoms with Crippen molar-refractivity contribution in [3.8, 4) is 0 Å². The van der Waals surface area contributed by atoms with Crippen LogP contribution in [-0.4, -0.2) is 37.8 Å². The number of carbonyl (C=O) groups excluding carboxylic acids is 1. The fraction of sp³-hybridized carbons (Fsp3) is 0.261. The van der Waals surface area contributed by atoms with E-state index >= 15 is 0 Å². The molecule has 0 bridgehead atoms. The molecule has 0 atom stereocenters. The molecule has 0 aliphatic heterocycles. The van der Waals surface area contributed by atoms with Crippen LogP contribution in [0.4, 0.5) is 11.6 Å². The summed E-state index contributed by atoms with van der Waals surface area (Å²) in [5.41, 5.74) is 8.77. The number of aryl methyl sites for hydroxylation is 2. The molecule has 4 rings (SSSR count). The molecular weight excluding hydrogens is 452 g/mol. The van der Waals surface area contributed by atoms with Crippen LogP contribution in [0.2, 0.25) is 0 Å². The molecule has 0 saturated carbocycles. The maximum atomic E-state index is 12.3. The van der Waals surface area contributed by atoms with Gasteiger partial charge in [0.05, 0.1) is 5.69 Å². The predicted octanol–water partition coefficient (Wildman–Crippen LogP) is 4.29. The molecule has 3 N–H and O–H groups in total. The summed E-state index contributed by atoms with van der Waals surface area (Å²) in [7, 11) is 0. The van der Waals surface area contributed by atoms with Crippen molar-refractivity contribution in [3.63, 3.8) is 0 Å². The Morgan fingerprint density at radius 1 is 1.15 bits per heavy atom. The second-order valence-electron chi connectivity index (χ2n) is 7.48. The monoisotopic (exact) mass is 478 g/mol. The molecule has 10 nitrogen and oxygen atoms in total. The molecule has 0 aliphatic rings. The third-order valence-electron chi connectivity index (χ3n) is 4.71. The van der Waals surface area contributed by atoms with Crippen LogP contribution in [0.25, 0.3) is 5.65 Å². The number of hydrogen-bond acceptors (Lipinski definition) is 8. The van der Waals surface area contributed by atoms with E-state index in [2.05, 4.69) is 26.3 Å². The number of hydrazine groups is 1. The number of fused-ring (bicyclic) bond motifs is 1. The smallest absolute Gasteiger partial charge is 0.277 e. The maximum Gasteiger partial charge on any atom is 0.277 e. The van der Waals surface area contributed by atoms with E-state index < -0.39 is 0 Å². The van der Waals surface area contributed by atoms with E-state index in [-0.39, 0.29) is 11.6 Å². The van der Waals surface area contributed by atoms with Crippen LogP contribution in [-0.2, 0) is 0 Å². The number of amidine groups is 1. The van der Waals surface area contributed by atoms with Gasteiger partial charge in [0.2, 0.25) is 5.95 Å². The number of amides is 1. The van der Waals surface area contributed by atoms with Gasteiger partial charge in [0.1, 0.15) is 22.3 Å². The molecule has 4 aromatic rings. The minimum atomic E-state index is -0.320. The quantitative estimate of drug-likeness (QED) is 0.148. The van der Waals surface area contributed by atoms with E-state index in [0.29, 0.717) is 17.4 Å². The van der Waals surface area contributed by atoms with Gasteiger partial charge >= 0.3 is 0 Å². The molecule has 176 valence electrons. The summed E-state index contributed by atoms with van der Waals surface area (Å²) < 4.78 is 6.84. The topological polar surface area (TPSA) is 122 Å². The molecule has 0 saturated heterocycles. The van der Waals surface area contributed by atoms with E-state index in [9.17, 15) is 4.79 Å². The van der Waals surface area contributed by atoms with E-state index in [0.717, 1.165) is 40.1 Å². The second kappa shape index (κ2) is 10.5. The van der Waals surface area contributed by atoms with Crippen LogP contribution in [0.15, 0.2) is 62.0 Å².